The smallest absolute Gasteiger partial charge is 0.267 e. The van der Waals surface area contributed by atoms with E-state index in [4.69, 9.17) is 0 Å². The van der Waals surface area contributed by atoms with Gasteiger partial charge < -0.3 is 0 Å². The van der Waals surface area contributed by atoms with Crippen LogP contribution in [0.3, 0.4) is 0 Å². The number of nitrogens with zero attached hydrogens (tertiary/aromatic N) is 3. The molecule has 0 spiro atoms. The Balaban J connectivity index is 2.58. The van der Waals surface area contributed by atoms with Crippen molar-refractivity contribution in [1.82, 2.24) is 14.8 Å². The van der Waals surface area contributed by atoms with Crippen LogP contribution < -0.4 is 0 Å². The quantitative estimate of drug-likeness (QED) is 0.773. The molecule has 0 aliphatic carbocycles. The van der Waals surface area contributed by atoms with Gasteiger partial charge in [0, 0.05) is 18.9 Å². The monoisotopic (exact) mass is 241 g/mol. The summed E-state index contributed by atoms with van der Waals surface area (Å²) in [6.45, 7) is 2.22. The molecule has 2 aromatic heterocycles. The van der Waals surface area contributed by atoms with Crippen molar-refractivity contribution >= 4 is 0 Å². The molecule has 17 heavy (non-hydrogen) atoms. The fourth-order valence-corrected chi connectivity index (χ4v) is 1.53. The number of pyridine rings is 1. The Morgan fingerprint density at radius 3 is 2.76 bits per heavy atom. The van der Waals surface area contributed by atoms with E-state index in [9.17, 15) is 13.2 Å². The summed E-state index contributed by atoms with van der Waals surface area (Å²) >= 11 is 0. The van der Waals surface area contributed by atoms with E-state index in [1.54, 1.807) is 6.92 Å². The van der Waals surface area contributed by atoms with Gasteiger partial charge in [-0.05, 0) is 19.1 Å². The van der Waals surface area contributed by atoms with Gasteiger partial charge >= 0.3 is 0 Å². The van der Waals surface area contributed by atoms with Crippen molar-refractivity contribution in [2.24, 2.45) is 0 Å². The van der Waals surface area contributed by atoms with Gasteiger partial charge in [0.2, 0.25) is 5.95 Å². The fraction of sp³-hybridized carbons (Fsp3) is 0.273. The summed E-state index contributed by atoms with van der Waals surface area (Å²) < 4.78 is 40.4. The van der Waals surface area contributed by atoms with Crippen LogP contribution in [-0.2, 0) is 6.54 Å². The third kappa shape index (κ3) is 2.15. The second-order valence-corrected chi connectivity index (χ2v) is 3.43. The van der Waals surface area contributed by atoms with Crippen LogP contribution in [0.2, 0.25) is 0 Å². The highest BCUT2D eigenvalue weighted by Crippen LogP contribution is 2.30. The molecule has 0 N–H and O–H groups in total. The lowest BCUT2D eigenvalue weighted by molar-refractivity contribution is 0.152. The molecule has 0 saturated heterocycles. The Kier molecular flexibility index (Phi) is 3.12. The summed E-state index contributed by atoms with van der Waals surface area (Å²) in [6, 6.07) is 2.87. The van der Waals surface area contributed by atoms with Gasteiger partial charge in [-0.3, -0.25) is 4.68 Å². The highest BCUT2D eigenvalue weighted by molar-refractivity contribution is 5.62. The number of aromatic nitrogens is 3. The topological polar surface area (TPSA) is 30.7 Å². The van der Waals surface area contributed by atoms with Crippen LogP contribution in [0.1, 0.15) is 18.9 Å². The maximum Gasteiger partial charge on any atom is 0.267 e. The van der Waals surface area contributed by atoms with Crippen LogP contribution in [0.5, 0.6) is 0 Å². The van der Waals surface area contributed by atoms with E-state index >= 15 is 0 Å². The summed E-state index contributed by atoms with van der Waals surface area (Å²) in [5.74, 6) is -0.796. The minimum atomic E-state index is -2.69. The van der Waals surface area contributed by atoms with Crippen LogP contribution in [-0.4, -0.2) is 14.8 Å². The SMILES string of the molecule is CCn1cc(C(F)F)c(-c2cccnc2F)n1. The summed E-state index contributed by atoms with van der Waals surface area (Å²) in [7, 11) is 0. The maximum atomic E-state index is 13.4. The molecule has 2 aromatic rings. The van der Waals surface area contributed by atoms with E-state index in [0.717, 1.165) is 0 Å². The summed E-state index contributed by atoms with van der Waals surface area (Å²) in [5.41, 5.74) is -0.332. The standard InChI is InChI=1S/C11H10F3N3/c1-2-17-6-8(10(12)13)9(16-17)7-4-3-5-15-11(7)14/h3-6,10H,2H2,1H3. The van der Waals surface area contributed by atoms with Crippen LogP contribution >= 0.6 is 0 Å². The van der Waals surface area contributed by atoms with Crippen molar-refractivity contribution in [3.8, 4) is 11.3 Å². The van der Waals surface area contributed by atoms with E-state index in [2.05, 4.69) is 10.1 Å². The minimum absolute atomic E-state index is 0.00463. The molecule has 0 radical (unpaired) electrons. The summed E-state index contributed by atoms with van der Waals surface area (Å²) in [5, 5.41) is 3.94. The predicted molar refractivity (Wildman–Crippen MR) is 56.0 cm³/mol. The van der Waals surface area contributed by atoms with Crippen molar-refractivity contribution < 1.29 is 13.2 Å². The first-order valence-electron chi connectivity index (χ1n) is 5.10. The molecule has 90 valence electrons. The minimum Gasteiger partial charge on any atom is -0.272 e. The van der Waals surface area contributed by atoms with Crippen molar-refractivity contribution in [3.05, 3.63) is 36.0 Å². The number of halogens is 3. The van der Waals surface area contributed by atoms with Crippen molar-refractivity contribution in [3.63, 3.8) is 0 Å². The molecule has 0 unspecified atom stereocenters. The molecule has 0 atom stereocenters. The molecule has 6 heteroatoms. The molecule has 0 aliphatic heterocycles. The van der Waals surface area contributed by atoms with Crippen molar-refractivity contribution in [2.45, 2.75) is 19.9 Å². The molecule has 0 aliphatic rings. The van der Waals surface area contributed by atoms with Gasteiger partial charge in [0.15, 0.2) is 0 Å². The van der Waals surface area contributed by atoms with Gasteiger partial charge in [-0.15, -0.1) is 0 Å². The Bertz CT molecular complexity index is 522. The van der Waals surface area contributed by atoms with Gasteiger partial charge in [0.25, 0.3) is 6.43 Å². The van der Waals surface area contributed by atoms with Gasteiger partial charge in [-0.25, -0.2) is 13.8 Å². The van der Waals surface area contributed by atoms with Gasteiger partial charge in [-0.2, -0.15) is 9.49 Å². The number of hydrogen-bond acceptors (Lipinski definition) is 2. The van der Waals surface area contributed by atoms with Crippen LogP contribution in [0, 0.1) is 5.95 Å². The first-order chi connectivity index (χ1) is 8.13. The third-order valence-electron chi connectivity index (χ3n) is 2.36. The van der Waals surface area contributed by atoms with E-state index in [1.807, 2.05) is 0 Å². The van der Waals surface area contributed by atoms with Gasteiger partial charge in [0.05, 0.1) is 11.1 Å². The van der Waals surface area contributed by atoms with Crippen LogP contribution in [0.4, 0.5) is 13.2 Å². The van der Waals surface area contributed by atoms with E-state index < -0.39 is 12.4 Å². The maximum absolute atomic E-state index is 13.4. The van der Waals surface area contributed by atoms with E-state index in [-0.39, 0.29) is 16.8 Å². The Morgan fingerprint density at radius 1 is 1.41 bits per heavy atom. The van der Waals surface area contributed by atoms with Gasteiger partial charge in [-0.1, -0.05) is 0 Å². The highest BCUT2D eigenvalue weighted by Gasteiger charge is 2.21. The Labute approximate surface area is 95.9 Å². The van der Waals surface area contributed by atoms with E-state index in [0.29, 0.717) is 6.54 Å². The molecule has 0 saturated carbocycles. The average Bonchev–Trinajstić information content (AvgIpc) is 2.73. The number of hydrogen-bond donors (Lipinski definition) is 0. The zero-order valence-electron chi connectivity index (χ0n) is 9.07. The summed E-state index contributed by atoms with van der Waals surface area (Å²) in [4.78, 5) is 3.43. The van der Waals surface area contributed by atoms with Crippen molar-refractivity contribution in [1.29, 1.82) is 0 Å². The zero-order chi connectivity index (χ0) is 12.4. The first-order valence-corrected chi connectivity index (χ1v) is 5.10. The number of alkyl halides is 2. The molecule has 0 amide bonds. The van der Waals surface area contributed by atoms with Crippen LogP contribution in [0.25, 0.3) is 11.3 Å². The first kappa shape index (κ1) is 11.6. The molecule has 2 heterocycles. The number of rotatable bonds is 3. The second-order valence-electron chi connectivity index (χ2n) is 3.43. The molecule has 3 nitrogen and oxygen atoms in total. The lowest BCUT2D eigenvalue weighted by atomic mass is 10.1. The average molecular weight is 241 g/mol. The lowest BCUT2D eigenvalue weighted by Crippen LogP contribution is -1.95. The van der Waals surface area contributed by atoms with Crippen molar-refractivity contribution in [2.75, 3.05) is 0 Å². The highest BCUT2D eigenvalue weighted by atomic mass is 19.3. The Morgan fingerprint density at radius 2 is 2.18 bits per heavy atom. The lowest BCUT2D eigenvalue weighted by Gasteiger charge is -2.01. The predicted octanol–water partition coefficient (Wildman–Crippen LogP) is 3.04. The molecule has 0 aromatic carbocycles. The molecular formula is C11H10F3N3. The molecular weight excluding hydrogens is 231 g/mol. The number of aryl methyl sites for hydroxylation is 1. The molecule has 0 fully saturated rings. The largest absolute Gasteiger partial charge is 0.272 e. The van der Waals surface area contributed by atoms with Gasteiger partial charge in [0.1, 0.15) is 5.69 Å². The summed E-state index contributed by atoms with van der Waals surface area (Å²) in [6.07, 6.45) is -0.200. The van der Waals surface area contributed by atoms with Crippen LogP contribution in [0.15, 0.2) is 24.5 Å². The second kappa shape index (κ2) is 4.57. The Hall–Kier alpha value is -1.85. The fourth-order valence-electron chi connectivity index (χ4n) is 1.53. The third-order valence-corrected chi connectivity index (χ3v) is 2.36. The molecule has 2 rings (SSSR count). The zero-order valence-corrected chi connectivity index (χ0v) is 9.07. The van der Waals surface area contributed by atoms with E-state index in [1.165, 1.54) is 29.2 Å². The molecule has 0 bridgehead atoms. The normalized spacial score (nSPS) is 11.1.